The second kappa shape index (κ2) is 6.64. The van der Waals surface area contributed by atoms with Crippen LogP contribution in [0.5, 0.6) is 11.5 Å². The van der Waals surface area contributed by atoms with Gasteiger partial charge in [0.15, 0.2) is 11.5 Å². The Morgan fingerprint density at radius 1 is 1.04 bits per heavy atom. The summed E-state index contributed by atoms with van der Waals surface area (Å²) in [5.74, 6) is -0.392. The van der Waals surface area contributed by atoms with E-state index in [4.69, 9.17) is 4.74 Å². The van der Waals surface area contributed by atoms with E-state index in [1.807, 2.05) is 6.07 Å². The maximum absolute atomic E-state index is 13.4. The molecule has 3 aromatic carbocycles. The lowest BCUT2D eigenvalue weighted by Crippen LogP contribution is -2.43. The second-order valence-electron chi connectivity index (χ2n) is 6.14. The number of carbonyl (C=O) groups excluding carboxylic acids is 1. The van der Waals surface area contributed by atoms with Crippen molar-refractivity contribution in [2.75, 3.05) is 17.3 Å². The molecule has 0 aromatic heterocycles. The van der Waals surface area contributed by atoms with E-state index in [9.17, 15) is 14.3 Å². The van der Waals surface area contributed by atoms with E-state index >= 15 is 0 Å². The predicted octanol–water partition coefficient (Wildman–Crippen LogP) is 4.31. The van der Waals surface area contributed by atoms with Crippen molar-refractivity contribution in [2.45, 2.75) is 6.17 Å². The van der Waals surface area contributed by atoms with Crippen LogP contribution in [0.25, 0.3) is 0 Å². The lowest BCUT2D eigenvalue weighted by molar-refractivity contribution is 0.0974. The number of aromatic hydroxyl groups is 1. The lowest BCUT2D eigenvalue weighted by atomic mass is 10.0. The summed E-state index contributed by atoms with van der Waals surface area (Å²) in [7, 11) is 1.46. The fourth-order valence-electron chi connectivity index (χ4n) is 3.26. The average Bonchev–Trinajstić information content (AvgIpc) is 2.69. The van der Waals surface area contributed by atoms with Gasteiger partial charge < -0.3 is 15.2 Å². The zero-order valence-corrected chi connectivity index (χ0v) is 14.5. The summed E-state index contributed by atoms with van der Waals surface area (Å²) in [5, 5.41) is 13.9. The van der Waals surface area contributed by atoms with Crippen molar-refractivity contribution >= 4 is 17.3 Å². The summed E-state index contributed by atoms with van der Waals surface area (Å²) in [6, 6.07) is 17.9. The van der Waals surface area contributed by atoms with E-state index in [2.05, 4.69) is 5.32 Å². The predicted molar refractivity (Wildman–Crippen MR) is 101 cm³/mol. The minimum Gasteiger partial charge on any atom is -0.504 e. The van der Waals surface area contributed by atoms with Gasteiger partial charge in [-0.3, -0.25) is 9.69 Å². The van der Waals surface area contributed by atoms with Gasteiger partial charge in [0.05, 0.1) is 12.7 Å². The molecule has 0 unspecified atom stereocenters. The molecule has 0 radical (unpaired) electrons. The molecule has 0 aliphatic carbocycles. The molecular weight excluding hydrogens is 347 g/mol. The van der Waals surface area contributed by atoms with Crippen LogP contribution in [-0.4, -0.2) is 18.1 Å². The summed E-state index contributed by atoms with van der Waals surface area (Å²) in [6.45, 7) is 0. The van der Waals surface area contributed by atoms with Crippen LogP contribution in [0.15, 0.2) is 66.7 Å². The lowest BCUT2D eigenvalue weighted by Gasteiger charge is -2.38. The Bertz CT molecular complexity index is 1000. The molecule has 1 heterocycles. The first kappa shape index (κ1) is 16.9. The number of hydrogen-bond donors (Lipinski definition) is 2. The van der Waals surface area contributed by atoms with Crippen LogP contribution >= 0.6 is 0 Å². The summed E-state index contributed by atoms with van der Waals surface area (Å²) >= 11 is 0. The number of nitrogens with zero attached hydrogens (tertiary/aromatic N) is 1. The van der Waals surface area contributed by atoms with Crippen molar-refractivity contribution in [1.82, 2.24) is 0 Å². The van der Waals surface area contributed by atoms with Crippen LogP contribution in [0.4, 0.5) is 15.8 Å². The molecule has 1 amide bonds. The normalized spacial score (nSPS) is 15.9. The minimum absolute atomic E-state index is 0.0585. The van der Waals surface area contributed by atoms with Crippen molar-refractivity contribution in [2.24, 2.45) is 0 Å². The number of rotatable bonds is 3. The summed E-state index contributed by atoms with van der Waals surface area (Å²) in [6.07, 6.45) is -0.687. The number of nitrogens with one attached hydrogen (secondary N) is 1. The first-order valence-corrected chi connectivity index (χ1v) is 8.40. The van der Waals surface area contributed by atoms with Crippen molar-refractivity contribution in [1.29, 1.82) is 0 Å². The van der Waals surface area contributed by atoms with Crippen molar-refractivity contribution in [3.8, 4) is 11.5 Å². The maximum Gasteiger partial charge on any atom is 0.262 e. The number of methoxy groups -OCH3 is 1. The number of fused-ring (bicyclic) bond motifs is 1. The number of ether oxygens (including phenoxy) is 1. The second-order valence-corrected chi connectivity index (χ2v) is 6.14. The van der Waals surface area contributed by atoms with Crippen LogP contribution < -0.4 is 15.0 Å². The third kappa shape index (κ3) is 2.85. The molecule has 27 heavy (non-hydrogen) atoms. The van der Waals surface area contributed by atoms with E-state index in [0.29, 0.717) is 28.3 Å². The van der Waals surface area contributed by atoms with Gasteiger partial charge in [-0.15, -0.1) is 0 Å². The molecule has 0 spiro atoms. The van der Waals surface area contributed by atoms with Gasteiger partial charge in [0.2, 0.25) is 0 Å². The Hall–Kier alpha value is -3.54. The van der Waals surface area contributed by atoms with Gasteiger partial charge >= 0.3 is 0 Å². The smallest absolute Gasteiger partial charge is 0.262 e. The maximum atomic E-state index is 13.4. The Kier molecular flexibility index (Phi) is 4.16. The quantitative estimate of drug-likeness (QED) is 0.727. The molecule has 0 bridgehead atoms. The Balaban J connectivity index is 1.89. The highest BCUT2D eigenvalue weighted by Crippen LogP contribution is 2.41. The van der Waals surface area contributed by atoms with Crippen molar-refractivity contribution in [3.05, 3.63) is 83.7 Å². The number of hydrogen-bond acceptors (Lipinski definition) is 4. The van der Waals surface area contributed by atoms with Gasteiger partial charge in [0.25, 0.3) is 5.91 Å². The Morgan fingerprint density at radius 2 is 1.78 bits per heavy atom. The molecule has 0 saturated carbocycles. The molecule has 1 atom stereocenters. The molecule has 2 N–H and O–H groups in total. The highest BCUT2D eigenvalue weighted by molar-refractivity contribution is 6.12. The number of phenolic OH excluding ortho intramolecular Hbond substituents is 1. The van der Waals surface area contributed by atoms with Crippen molar-refractivity contribution < 1.29 is 19.0 Å². The van der Waals surface area contributed by atoms with Gasteiger partial charge in [0, 0.05) is 16.9 Å². The standard InChI is InChI=1S/C21H17FN2O3/c1-27-18-8-4-6-16(19(18)25)20-23-17-7-3-2-5-15(17)21(26)24(20)14-11-9-13(22)10-12-14/h2-12,20,23,25H,1H3/t20-/m0/s1. The van der Waals surface area contributed by atoms with E-state index in [-0.39, 0.29) is 11.7 Å². The van der Waals surface area contributed by atoms with Crippen LogP contribution in [0.1, 0.15) is 22.1 Å². The molecule has 3 aromatic rings. The number of phenols is 1. The summed E-state index contributed by atoms with van der Waals surface area (Å²) in [5.41, 5.74) is 2.14. The van der Waals surface area contributed by atoms with Gasteiger partial charge in [-0.1, -0.05) is 24.3 Å². The third-order valence-electron chi connectivity index (χ3n) is 4.58. The minimum atomic E-state index is -0.687. The fraction of sp³-hybridized carbons (Fsp3) is 0.0952. The van der Waals surface area contributed by atoms with Crippen LogP contribution in [0.2, 0.25) is 0 Å². The Labute approximate surface area is 155 Å². The van der Waals surface area contributed by atoms with Crippen LogP contribution in [0.3, 0.4) is 0 Å². The van der Waals surface area contributed by atoms with Crippen molar-refractivity contribution in [3.63, 3.8) is 0 Å². The van der Waals surface area contributed by atoms with E-state index < -0.39 is 12.0 Å². The molecule has 1 aliphatic heterocycles. The first-order valence-electron chi connectivity index (χ1n) is 8.40. The number of amides is 1. The van der Waals surface area contributed by atoms with Crippen LogP contribution in [-0.2, 0) is 0 Å². The number of halogens is 1. The Morgan fingerprint density at radius 3 is 2.52 bits per heavy atom. The molecule has 5 nitrogen and oxygen atoms in total. The van der Waals surface area contributed by atoms with Gasteiger partial charge in [0.1, 0.15) is 12.0 Å². The molecule has 0 fully saturated rings. The SMILES string of the molecule is COc1cccc([C@H]2Nc3ccccc3C(=O)N2c2ccc(F)cc2)c1O. The molecular formula is C21H17FN2O3. The highest BCUT2D eigenvalue weighted by Gasteiger charge is 2.35. The fourth-order valence-corrected chi connectivity index (χ4v) is 3.26. The first-order chi connectivity index (χ1) is 13.1. The topological polar surface area (TPSA) is 61.8 Å². The highest BCUT2D eigenvalue weighted by atomic mass is 19.1. The molecule has 4 rings (SSSR count). The number of carbonyl (C=O) groups is 1. The molecule has 1 aliphatic rings. The van der Waals surface area contributed by atoms with Gasteiger partial charge in [-0.05, 0) is 42.5 Å². The van der Waals surface area contributed by atoms with Crippen LogP contribution in [0, 0.1) is 5.82 Å². The molecule has 6 heteroatoms. The largest absolute Gasteiger partial charge is 0.504 e. The number of benzene rings is 3. The van der Waals surface area contributed by atoms with E-state index in [1.54, 1.807) is 36.4 Å². The van der Waals surface area contributed by atoms with Gasteiger partial charge in [-0.25, -0.2) is 4.39 Å². The zero-order chi connectivity index (χ0) is 19.0. The zero-order valence-electron chi connectivity index (χ0n) is 14.5. The molecule has 136 valence electrons. The summed E-state index contributed by atoms with van der Waals surface area (Å²) < 4.78 is 18.6. The van der Waals surface area contributed by atoms with E-state index in [1.165, 1.54) is 36.3 Å². The monoisotopic (exact) mass is 364 g/mol. The average molecular weight is 364 g/mol. The molecule has 0 saturated heterocycles. The summed E-state index contributed by atoms with van der Waals surface area (Å²) in [4.78, 5) is 14.7. The van der Waals surface area contributed by atoms with Gasteiger partial charge in [-0.2, -0.15) is 0 Å². The number of anilines is 2. The van der Waals surface area contributed by atoms with E-state index in [0.717, 1.165) is 0 Å². The number of para-hydroxylation sites is 2. The third-order valence-corrected chi connectivity index (χ3v) is 4.58.